The molecular formula is C12H20N2O5S. The molecule has 1 unspecified atom stereocenters. The molecule has 1 aliphatic carbocycles. The number of nitrogens with two attached hydrogens (primary N) is 1. The predicted octanol–water partition coefficient (Wildman–Crippen LogP) is -0.185. The molecule has 1 rings (SSSR count). The Kier molecular flexibility index (Phi) is 6.97. The van der Waals surface area contributed by atoms with E-state index in [9.17, 15) is 19.5 Å². The van der Waals surface area contributed by atoms with Gasteiger partial charge in [0.05, 0.1) is 0 Å². The van der Waals surface area contributed by atoms with Crippen molar-refractivity contribution in [2.24, 2.45) is 5.73 Å². The van der Waals surface area contributed by atoms with Gasteiger partial charge in [-0.25, -0.2) is 0 Å². The van der Waals surface area contributed by atoms with E-state index in [1.54, 1.807) is 0 Å². The Bertz CT molecular complexity index is 371. The zero-order valence-corrected chi connectivity index (χ0v) is 11.9. The van der Waals surface area contributed by atoms with Gasteiger partial charge in [-0.3, -0.25) is 14.4 Å². The van der Waals surface area contributed by atoms with Crippen LogP contribution in [0.2, 0.25) is 0 Å². The predicted molar refractivity (Wildman–Crippen MR) is 73.8 cm³/mol. The Labute approximate surface area is 121 Å². The molecule has 2 atom stereocenters. The van der Waals surface area contributed by atoms with Crippen molar-refractivity contribution in [1.82, 2.24) is 5.32 Å². The third kappa shape index (κ3) is 5.89. The quantitative estimate of drug-likeness (QED) is 0.480. The van der Waals surface area contributed by atoms with E-state index in [0.717, 1.165) is 37.4 Å². The highest BCUT2D eigenvalue weighted by Crippen LogP contribution is 2.30. The van der Waals surface area contributed by atoms with Crippen molar-refractivity contribution in [3.8, 4) is 0 Å². The summed E-state index contributed by atoms with van der Waals surface area (Å²) in [5.41, 5.74) is 5.25. The van der Waals surface area contributed by atoms with Crippen LogP contribution in [-0.4, -0.2) is 44.7 Å². The van der Waals surface area contributed by atoms with Gasteiger partial charge >= 0.3 is 5.97 Å². The molecule has 0 aliphatic heterocycles. The molecule has 1 amide bonds. The Morgan fingerprint density at radius 2 is 1.90 bits per heavy atom. The van der Waals surface area contributed by atoms with Crippen LogP contribution in [0.25, 0.3) is 0 Å². The molecule has 20 heavy (non-hydrogen) atoms. The number of aliphatic carboxylic acids is 1. The Morgan fingerprint density at radius 1 is 1.30 bits per heavy atom. The molecule has 5 N–H and O–H groups in total. The molecule has 0 saturated heterocycles. The van der Waals surface area contributed by atoms with Crippen LogP contribution in [0.15, 0.2) is 0 Å². The normalized spacial score (nSPS) is 18.5. The second-order valence-corrected chi connectivity index (χ2v) is 6.10. The summed E-state index contributed by atoms with van der Waals surface area (Å²) in [5.74, 6) is -1.78. The number of aliphatic hydroxyl groups is 1. The maximum Gasteiger partial charge on any atom is 0.320 e. The number of amides is 1. The van der Waals surface area contributed by atoms with Crippen LogP contribution in [-0.2, 0) is 14.4 Å². The number of carbonyl (C=O) groups is 3. The van der Waals surface area contributed by atoms with Gasteiger partial charge in [0.15, 0.2) is 6.23 Å². The lowest BCUT2D eigenvalue weighted by molar-refractivity contribution is -0.139. The molecule has 0 aromatic heterocycles. The standard InChI is InChI=1S/C12H20N2O5S/c13-8(11(17)18)5-6-9(15)14-10(16)12(19)20-7-3-1-2-4-7/h7-8,10,16H,1-6,13H2,(H,14,15)(H,17,18)/t8?,10-/m1/s1. The van der Waals surface area contributed by atoms with Crippen molar-refractivity contribution in [2.45, 2.75) is 56.0 Å². The van der Waals surface area contributed by atoms with Gasteiger partial charge < -0.3 is 21.3 Å². The van der Waals surface area contributed by atoms with Gasteiger partial charge in [0.2, 0.25) is 11.0 Å². The zero-order valence-electron chi connectivity index (χ0n) is 11.1. The summed E-state index contributed by atoms with van der Waals surface area (Å²) in [6.45, 7) is 0. The van der Waals surface area contributed by atoms with Crippen LogP contribution >= 0.6 is 11.8 Å². The highest BCUT2D eigenvalue weighted by Gasteiger charge is 2.25. The van der Waals surface area contributed by atoms with Gasteiger partial charge in [-0.2, -0.15) is 0 Å². The van der Waals surface area contributed by atoms with Gasteiger partial charge in [0.1, 0.15) is 6.04 Å². The average Bonchev–Trinajstić information content (AvgIpc) is 2.88. The summed E-state index contributed by atoms with van der Waals surface area (Å²) in [4.78, 5) is 33.6. The number of carboxylic acid groups (broad SMARTS) is 1. The fourth-order valence-corrected chi connectivity index (χ4v) is 3.01. The lowest BCUT2D eigenvalue weighted by atomic mass is 10.1. The minimum absolute atomic E-state index is 0.0438. The van der Waals surface area contributed by atoms with E-state index in [4.69, 9.17) is 10.8 Å². The van der Waals surface area contributed by atoms with E-state index >= 15 is 0 Å². The number of thioether (sulfide) groups is 1. The molecule has 0 aromatic carbocycles. The van der Waals surface area contributed by atoms with Crippen molar-refractivity contribution < 1.29 is 24.6 Å². The summed E-state index contributed by atoms with van der Waals surface area (Å²) >= 11 is 1.06. The van der Waals surface area contributed by atoms with E-state index in [-0.39, 0.29) is 18.1 Å². The van der Waals surface area contributed by atoms with Gasteiger partial charge in [0, 0.05) is 11.7 Å². The maximum atomic E-state index is 11.7. The summed E-state index contributed by atoms with van der Waals surface area (Å²) < 4.78 is 0. The lowest BCUT2D eigenvalue weighted by Gasteiger charge is -2.14. The van der Waals surface area contributed by atoms with Crippen molar-refractivity contribution >= 4 is 28.8 Å². The molecule has 0 bridgehead atoms. The van der Waals surface area contributed by atoms with Crippen LogP contribution in [0.5, 0.6) is 0 Å². The fraction of sp³-hybridized carbons (Fsp3) is 0.750. The summed E-state index contributed by atoms with van der Waals surface area (Å²) in [5, 5.41) is 20.0. The minimum Gasteiger partial charge on any atom is -0.480 e. The molecule has 0 heterocycles. The van der Waals surface area contributed by atoms with Crippen LogP contribution < -0.4 is 11.1 Å². The SMILES string of the molecule is NC(CCC(=O)N[C@H](O)C(=O)SC1CCCC1)C(=O)O. The smallest absolute Gasteiger partial charge is 0.320 e. The first-order chi connectivity index (χ1) is 9.40. The first-order valence-corrected chi connectivity index (χ1v) is 7.44. The molecule has 1 fully saturated rings. The van der Waals surface area contributed by atoms with Crippen molar-refractivity contribution in [2.75, 3.05) is 0 Å². The first kappa shape index (κ1) is 16.9. The molecule has 0 spiro atoms. The Balaban J connectivity index is 2.25. The van der Waals surface area contributed by atoms with Gasteiger partial charge in [-0.05, 0) is 19.3 Å². The van der Waals surface area contributed by atoms with Crippen LogP contribution in [0.1, 0.15) is 38.5 Å². The fourth-order valence-electron chi connectivity index (χ4n) is 1.93. The second-order valence-electron chi connectivity index (χ2n) is 4.80. The number of carboxylic acids is 1. The highest BCUT2D eigenvalue weighted by molar-refractivity contribution is 8.14. The summed E-state index contributed by atoms with van der Waals surface area (Å²) in [6.07, 6.45) is 2.33. The number of carbonyl (C=O) groups excluding carboxylic acids is 2. The van der Waals surface area contributed by atoms with Crippen molar-refractivity contribution in [1.29, 1.82) is 0 Å². The third-order valence-electron chi connectivity index (χ3n) is 3.11. The molecule has 1 saturated carbocycles. The van der Waals surface area contributed by atoms with Crippen LogP contribution in [0, 0.1) is 0 Å². The first-order valence-electron chi connectivity index (χ1n) is 6.56. The van der Waals surface area contributed by atoms with E-state index in [1.165, 1.54) is 0 Å². The molecule has 1 aliphatic rings. The lowest BCUT2D eigenvalue weighted by Crippen LogP contribution is -2.41. The average molecular weight is 304 g/mol. The van der Waals surface area contributed by atoms with E-state index in [2.05, 4.69) is 5.32 Å². The van der Waals surface area contributed by atoms with Gasteiger partial charge in [-0.1, -0.05) is 24.6 Å². The monoisotopic (exact) mass is 304 g/mol. The van der Waals surface area contributed by atoms with Gasteiger partial charge in [-0.15, -0.1) is 0 Å². The van der Waals surface area contributed by atoms with Crippen molar-refractivity contribution in [3.05, 3.63) is 0 Å². The van der Waals surface area contributed by atoms with E-state index < -0.39 is 29.3 Å². The van der Waals surface area contributed by atoms with Crippen LogP contribution in [0.3, 0.4) is 0 Å². The topological polar surface area (TPSA) is 130 Å². The summed E-state index contributed by atoms with van der Waals surface area (Å²) in [7, 11) is 0. The van der Waals surface area contributed by atoms with E-state index in [1.807, 2.05) is 0 Å². The van der Waals surface area contributed by atoms with Gasteiger partial charge in [0.25, 0.3) is 0 Å². The minimum atomic E-state index is -1.55. The second kappa shape index (κ2) is 8.23. The number of rotatable bonds is 7. The Hall–Kier alpha value is -1.12. The molecule has 8 heteroatoms. The van der Waals surface area contributed by atoms with Crippen molar-refractivity contribution in [3.63, 3.8) is 0 Å². The molecule has 114 valence electrons. The third-order valence-corrected chi connectivity index (χ3v) is 4.37. The maximum absolute atomic E-state index is 11.7. The van der Waals surface area contributed by atoms with E-state index in [0.29, 0.717) is 0 Å². The Morgan fingerprint density at radius 3 is 2.45 bits per heavy atom. The summed E-state index contributed by atoms with van der Waals surface area (Å²) in [6, 6.07) is -1.12. The molecule has 0 aromatic rings. The number of hydrogen-bond acceptors (Lipinski definition) is 6. The molecular weight excluding hydrogens is 284 g/mol. The number of aliphatic hydroxyl groups excluding tert-OH is 1. The zero-order chi connectivity index (χ0) is 15.1. The number of hydrogen-bond donors (Lipinski definition) is 4. The largest absolute Gasteiger partial charge is 0.480 e. The van der Waals surface area contributed by atoms with Crippen LogP contribution in [0.4, 0.5) is 0 Å². The highest BCUT2D eigenvalue weighted by atomic mass is 32.2. The molecule has 0 radical (unpaired) electrons. The number of nitrogens with one attached hydrogen (secondary N) is 1. The molecule has 7 nitrogen and oxygen atoms in total.